The van der Waals surface area contributed by atoms with Crippen molar-refractivity contribution in [1.82, 2.24) is 3.71 Å². The summed E-state index contributed by atoms with van der Waals surface area (Å²) in [6.07, 6.45) is 0. The molecule has 6 nitrogen and oxygen atoms in total. The molecule has 1 rings (SSSR count). The maximum Gasteiger partial charge on any atom is 0.512 e. The molecule has 15 heteroatoms. The molecule has 0 aliphatic heterocycles. The highest BCUT2D eigenvalue weighted by Gasteiger charge is 2.54. The van der Waals surface area contributed by atoms with E-state index in [1.807, 2.05) is 0 Å². The first-order valence-corrected chi connectivity index (χ1v) is 8.79. The average molecular weight is 419 g/mol. The second kappa shape index (κ2) is 6.60. The van der Waals surface area contributed by atoms with Crippen LogP contribution in [0.2, 0.25) is 0 Å². The van der Waals surface area contributed by atoms with Gasteiger partial charge in [-0.25, -0.2) is 25.6 Å². The Morgan fingerprint density at radius 3 is 1.64 bits per heavy atom. The van der Waals surface area contributed by atoms with Crippen LogP contribution in [0.3, 0.4) is 0 Å². The van der Waals surface area contributed by atoms with E-state index in [1.54, 1.807) is 0 Å². The number of benzene rings is 1. The van der Waals surface area contributed by atoms with E-state index in [-0.39, 0.29) is 7.05 Å². The Morgan fingerprint density at radius 2 is 1.32 bits per heavy atom. The minimum atomic E-state index is -6.63. The molecule has 1 aromatic carbocycles. The highest BCUT2D eigenvalue weighted by Crippen LogP contribution is 2.36. The second-order valence-corrected chi connectivity index (χ2v) is 8.28. The minimum absolute atomic E-state index is 0.205. The topological polar surface area (TPSA) is 80.8 Å². The number of rotatable bonds is 5. The molecule has 1 aromatic rings. The van der Waals surface area contributed by atoms with Gasteiger partial charge >= 0.3 is 15.5 Å². The number of alkyl halides is 3. The van der Waals surface area contributed by atoms with Crippen LogP contribution in [0.15, 0.2) is 4.90 Å². The van der Waals surface area contributed by atoms with Gasteiger partial charge in [-0.2, -0.15) is 22.0 Å². The molecule has 144 valence electrons. The quantitative estimate of drug-likeness (QED) is 0.540. The lowest BCUT2D eigenvalue weighted by Gasteiger charge is -2.20. The van der Waals surface area contributed by atoms with Crippen molar-refractivity contribution in [2.45, 2.75) is 17.3 Å². The molecular weight excluding hydrogens is 411 g/mol. The molecular formula is C10H8F7NO5S2. The van der Waals surface area contributed by atoms with Gasteiger partial charge < -0.3 is 4.74 Å². The Hall–Kier alpha value is -1.61. The predicted molar refractivity (Wildman–Crippen MR) is 67.4 cm³/mol. The zero-order valence-electron chi connectivity index (χ0n) is 12.2. The summed E-state index contributed by atoms with van der Waals surface area (Å²) in [5, 5.41) is 0. The largest absolute Gasteiger partial charge is 0.512 e. The Kier molecular flexibility index (Phi) is 5.66. The highest BCUT2D eigenvalue weighted by atomic mass is 32.3. The van der Waals surface area contributed by atoms with Crippen molar-refractivity contribution in [2.75, 3.05) is 13.7 Å². The van der Waals surface area contributed by atoms with E-state index in [2.05, 4.69) is 4.74 Å². The van der Waals surface area contributed by atoms with Crippen LogP contribution in [0.4, 0.5) is 30.7 Å². The van der Waals surface area contributed by atoms with Crippen molar-refractivity contribution in [1.29, 1.82) is 0 Å². The fraction of sp³-hybridized carbons (Fsp3) is 0.400. The third-order valence-corrected chi connectivity index (χ3v) is 6.69. The molecule has 0 amide bonds. The Morgan fingerprint density at radius 1 is 0.920 bits per heavy atom. The van der Waals surface area contributed by atoms with Crippen molar-refractivity contribution in [3.63, 3.8) is 0 Å². The monoisotopic (exact) mass is 419 g/mol. The molecule has 0 aliphatic rings. The number of hydrogen-bond donors (Lipinski definition) is 0. The predicted octanol–water partition coefficient (Wildman–Crippen LogP) is 2.11. The van der Waals surface area contributed by atoms with Crippen molar-refractivity contribution in [2.24, 2.45) is 0 Å². The van der Waals surface area contributed by atoms with Gasteiger partial charge in [0.2, 0.25) is 11.6 Å². The molecule has 0 atom stereocenters. The summed E-state index contributed by atoms with van der Waals surface area (Å²) in [6.45, 7) is 0.657. The first-order chi connectivity index (χ1) is 11.1. The fourth-order valence-corrected chi connectivity index (χ4v) is 4.18. The Bertz CT molecular complexity index is 866. The molecule has 0 N–H and O–H groups in total. The molecule has 0 aliphatic carbocycles. The zero-order chi connectivity index (χ0) is 20.0. The molecule has 25 heavy (non-hydrogen) atoms. The summed E-state index contributed by atoms with van der Waals surface area (Å²) < 4.78 is 141. The lowest BCUT2D eigenvalue weighted by atomic mass is 10.3. The third kappa shape index (κ3) is 3.39. The number of hydrogen-bond acceptors (Lipinski definition) is 5. The normalized spacial score (nSPS) is 13.4. The van der Waals surface area contributed by atoms with Crippen molar-refractivity contribution in [3.8, 4) is 5.75 Å². The molecule has 0 bridgehead atoms. The molecule has 0 fully saturated rings. The number of halogens is 7. The van der Waals surface area contributed by atoms with E-state index in [0.717, 1.165) is 6.92 Å². The van der Waals surface area contributed by atoms with E-state index >= 15 is 0 Å². The van der Waals surface area contributed by atoms with Crippen LogP contribution in [0.1, 0.15) is 6.92 Å². The van der Waals surface area contributed by atoms with Crippen molar-refractivity contribution >= 4 is 20.0 Å². The van der Waals surface area contributed by atoms with Gasteiger partial charge in [-0.1, -0.05) is 3.71 Å². The lowest BCUT2D eigenvalue weighted by molar-refractivity contribution is -0.0465. The Labute approximate surface area is 136 Å². The number of ether oxygens (including phenoxy) is 1. The number of nitrogens with zero attached hydrogens (tertiary/aromatic N) is 1. The summed E-state index contributed by atoms with van der Waals surface area (Å²) >= 11 is 0. The van der Waals surface area contributed by atoms with E-state index in [4.69, 9.17) is 0 Å². The zero-order valence-corrected chi connectivity index (χ0v) is 13.8. The van der Waals surface area contributed by atoms with Crippen LogP contribution in [0.5, 0.6) is 5.75 Å². The Balaban J connectivity index is 3.78. The summed E-state index contributed by atoms with van der Waals surface area (Å²) in [5.41, 5.74) is -6.16. The van der Waals surface area contributed by atoms with Crippen LogP contribution < -0.4 is 4.74 Å². The van der Waals surface area contributed by atoms with Crippen molar-refractivity contribution in [3.05, 3.63) is 23.3 Å². The van der Waals surface area contributed by atoms with E-state index in [1.165, 1.54) is 0 Å². The maximum atomic E-state index is 13.8. The van der Waals surface area contributed by atoms with Gasteiger partial charge in [-0.3, -0.25) is 0 Å². The molecule has 0 heterocycles. The molecule has 0 radical (unpaired) electrons. The smallest absolute Gasteiger partial charge is 0.488 e. The van der Waals surface area contributed by atoms with Crippen LogP contribution in [0.25, 0.3) is 0 Å². The van der Waals surface area contributed by atoms with Gasteiger partial charge in [0.15, 0.2) is 22.3 Å². The number of sulfonamides is 2. The molecule has 0 aromatic heterocycles. The van der Waals surface area contributed by atoms with Gasteiger partial charge in [-0.05, 0) is 6.92 Å². The van der Waals surface area contributed by atoms with E-state index in [0.29, 0.717) is 0 Å². The summed E-state index contributed by atoms with van der Waals surface area (Å²) in [7, 11) is -13.0. The van der Waals surface area contributed by atoms with Gasteiger partial charge in [0.05, 0.1) is 6.61 Å². The van der Waals surface area contributed by atoms with Crippen LogP contribution in [-0.2, 0) is 20.0 Å². The minimum Gasteiger partial charge on any atom is -0.488 e. The first-order valence-electron chi connectivity index (χ1n) is 5.91. The van der Waals surface area contributed by atoms with Gasteiger partial charge in [0.25, 0.3) is 10.0 Å². The van der Waals surface area contributed by atoms with Crippen LogP contribution in [-0.4, -0.2) is 39.7 Å². The lowest BCUT2D eigenvalue weighted by Crippen LogP contribution is -2.42. The molecule has 0 saturated carbocycles. The molecule has 0 unspecified atom stereocenters. The third-order valence-electron chi connectivity index (χ3n) is 2.70. The van der Waals surface area contributed by atoms with Gasteiger partial charge in [-0.15, -0.1) is 0 Å². The highest BCUT2D eigenvalue weighted by molar-refractivity contribution is 8.04. The van der Waals surface area contributed by atoms with Crippen molar-refractivity contribution < 1.29 is 52.3 Å². The second-order valence-electron chi connectivity index (χ2n) is 4.18. The summed E-state index contributed by atoms with van der Waals surface area (Å²) in [6, 6.07) is 0. The maximum absolute atomic E-state index is 13.8. The van der Waals surface area contributed by atoms with Gasteiger partial charge in [0.1, 0.15) is 0 Å². The summed E-state index contributed by atoms with van der Waals surface area (Å²) in [4.78, 5) is -2.55. The van der Waals surface area contributed by atoms with E-state index in [9.17, 15) is 47.6 Å². The van der Waals surface area contributed by atoms with Crippen LogP contribution in [0, 0.1) is 23.3 Å². The SMILES string of the molecule is CCOc1c(F)c(F)c(S(=O)(=O)N(C)S(=O)(=O)C(F)(F)F)c(F)c1F. The average Bonchev–Trinajstić information content (AvgIpc) is 2.47. The molecule has 0 saturated heterocycles. The van der Waals surface area contributed by atoms with Gasteiger partial charge in [0, 0.05) is 7.05 Å². The fourth-order valence-electron chi connectivity index (χ4n) is 1.49. The van der Waals surface area contributed by atoms with Crippen LogP contribution >= 0.6 is 0 Å². The standard InChI is InChI=1S/C10H8F7NO5S2/c1-3-23-8-4(11)6(13)9(7(14)5(8)12)24(19,20)18(2)25(21,22)10(15,16)17/h3H2,1-2H3. The first kappa shape index (κ1) is 21.4. The summed E-state index contributed by atoms with van der Waals surface area (Å²) in [5.74, 6) is -11.7. The molecule has 0 spiro atoms. The van der Waals surface area contributed by atoms with E-state index < -0.39 is 69.8 Å².